The van der Waals surface area contributed by atoms with Gasteiger partial charge in [-0.3, -0.25) is 0 Å². The van der Waals surface area contributed by atoms with Gasteiger partial charge in [0.1, 0.15) is 0 Å². The van der Waals surface area contributed by atoms with Gasteiger partial charge in [0.05, 0.1) is 14.2 Å². The highest BCUT2D eigenvalue weighted by Gasteiger charge is 2.15. The summed E-state index contributed by atoms with van der Waals surface area (Å²) in [5.74, 6) is 2.86. The molecule has 0 saturated carbocycles. The van der Waals surface area contributed by atoms with Gasteiger partial charge in [0.15, 0.2) is 11.5 Å². The van der Waals surface area contributed by atoms with Gasteiger partial charge in [0.25, 0.3) is 0 Å². The van der Waals surface area contributed by atoms with Crippen LogP contribution in [0.15, 0.2) is 36.5 Å². The summed E-state index contributed by atoms with van der Waals surface area (Å²) in [6.45, 7) is 6.94. The number of carbonyl (C=O) groups is 1. The van der Waals surface area contributed by atoms with Gasteiger partial charge in [-0.2, -0.15) is 0 Å². The van der Waals surface area contributed by atoms with Crippen molar-refractivity contribution in [3.63, 3.8) is 0 Å². The smallest absolute Gasteiger partial charge is 0.315 e. The van der Waals surface area contributed by atoms with Crippen LogP contribution in [0.5, 0.6) is 23.1 Å². The fourth-order valence-electron chi connectivity index (χ4n) is 3.79. The Morgan fingerprint density at radius 2 is 1.79 bits per heavy atom. The van der Waals surface area contributed by atoms with E-state index >= 15 is 0 Å². The Balaban J connectivity index is 1.35. The monoisotopic (exact) mass is 456 g/mol. The van der Waals surface area contributed by atoms with E-state index in [4.69, 9.17) is 14.2 Å². The van der Waals surface area contributed by atoms with E-state index in [1.807, 2.05) is 12.1 Å². The number of carbonyl (C=O) groups excluding carboxylic acids is 1. The molecule has 0 bridgehead atoms. The average molecular weight is 457 g/mol. The zero-order chi connectivity index (χ0) is 23.5. The first kappa shape index (κ1) is 24.6. The van der Waals surface area contributed by atoms with E-state index in [0.29, 0.717) is 36.2 Å². The van der Waals surface area contributed by atoms with Gasteiger partial charge in [-0.25, -0.2) is 9.78 Å². The molecule has 8 heteroatoms. The van der Waals surface area contributed by atoms with E-state index in [2.05, 4.69) is 27.4 Å². The highest BCUT2D eigenvalue weighted by atomic mass is 16.5. The van der Waals surface area contributed by atoms with Crippen molar-refractivity contribution >= 4 is 6.03 Å². The van der Waals surface area contributed by atoms with Gasteiger partial charge in [-0.15, -0.1) is 0 Å². The number of methoxy groups -OCH3 is 2. The van der Waals surface area contributed by atoms with Crippen LogP contribution in [0.25, 0.3) is 0 Å². The summed E-state index contributed by atoms with van der Waals surface area (Å²) >= 11 is 0. The predicted molar refractivity (Wildman–Crippen MR) is 128 cm³/mol. The number of ether oxygens (including phenoxy) is 3. The van der Waals surface area contributed by atoms with Crippen LogP contribution in [0.2, 0.25) is 0 Å². The van der Waals surface area contributed by atoms with Gasteiger partial charge in [-0.05, 0) is 68.9 Å². The number of nitrogens with zero attached hydrogens (tertiary/aromatic N) is 2. The molecule has 8 nitrogen and oxygen atoms in total. The Morgan fingerprint density at radius 1 is 1.06 bits per heavy atom. The third kappa shape index (κ3) is 7.82. The number of hydrogen-bond acceptors (Lipinski definition) is 6. The summed E-state index contributed by atoms with van der Waals surface area (Å²) in [6.07, 6.45) is 6.38. The van der Waals surface area contributed by atoms with Crippen LogP contribution in [0, 0.1) is 5.92 Å². The van der Waals surface area contributed by atoms with Gasteiger partial charge < -0.3 is 29.7 Å². The van der Waals surface area contributed by atoms with Crippen molar-refractivity contribution in [2.24, 2.45) is 5.92 Å². The minimum Gasteiger partial charge on any atom is -0.493 e. The Hall–Kier alpha value is -3.00. The van der Waals surface area contributed by atoms with Crippen LogP contribution < -0.4 is 24.8 Å². The van der Waals surface area contributed by atoms with Crippen molar-refractivity contribution in [2.75, 3.05) is 40.4 Å². The largest absolute Gasteiger partial charge is 0.493 e. The van der Waals surface area contributed by atoms with Gasteiger partial charge in [-0.1, -0.05) is 19.1 Å². The van der Waals surface area contributed by atoms with Crippen LogP contribution >= 0.6 is 0 Å². The topological polar surface area (TPSA) is 84.9 Å². The average Bonchev–Trinajstić information content (AvgIpc) is 2.84. The molecule has 1 saturated heterocycles. The van der Waals surface area contributed by atoms with Crippen molar-refractivity contribution in [3.8, 4) is 23.1 Å². The third-order valence-corrected chi connectivity index (χ3v) is 5.90. The van der Waals surface area contributed by atoms with E-state index in [-0.39, 0.29) is 6.03 Å². The molecule has 0 spiro atoms. The van der Waals surface area contributed by atoms with Crippen LogP contribution in [-0.4, -0.2) is 56.3 Å². The fraction of sp³-hybridized carbons (Fsp3) is 0.520. The molecular weight excluding hydrogens is 420 g/mol. The summed E-state index contributed by atoms with van der Waals surface area (Å²) in [7, 11) is 3.15. The number of amides is 2. The fourth-order valence-corrected chi connectivity index (χ4v) is 3.79. The molecule has 180 valence electrons. The summed E-state index contributed by atoms with van der Waals surface area (Å²) in [5, 5.41) is 5.79. The molecule has 2 amide bonds. The number of nitrogens with one attached hydrogen (secondary N) is 2. The zero-order valence-corrected chi connectivity index (χ0v) is 19.9. The summed E-state index contributed by atoms with van der Waals surface area (Å²) in [5.41, 5.74) is 0.879. The number of likely N-dealkylation sites (tertiary alicyclic amines) is 1. The van der Waals surface area contributed by atoms with Gasteiger partial charge in [0.2, 0.25) is 11.6 Å². The van der Waals surface area contributed by atoms with Crippen LogP contribution in [0.1, 0.15) is 38.2 Å². The number of aromatic nitrogens is 1. The maximum atomic E-state index is 12.1. The highest BCUT2D eigenvalue weighted by molar-refractivity contribution is 5.73. The molecule has 3 rings (SSSR count). The molecule has 1 aromatic carbocycles. The summed E-state index contributed by atoms with van der Waals surface area (Å²) in [4.78, 5) is 18.9. The lowest BCUT2D eigenvalue weighted by Gasteiger charge is -2.30. The number of unbranched alkanes of at least 4 members (excludes halogenated alkanes) is 1. The molecule has 1 aliphatic heterocycles. The second-order valence-electron chi connectivity index (χ2n) is 8.44. The molecule has 0 aliphatic carbocycles. The van der Waals surface area contributed by atoms with Crippen molar-refractivity contribution < 1.29 is 19.0 Å². The number of benzene rings is 1. The van der Waals surface area contributed by atoms with E-state index in [1.165, 1.54) is 25.9 Å². The standard InChI is InChI=1S/C25H36N4O4/c1-19-11-15-29(16-12-19)14-5-4-13-26-25(30)28-18-20-9-10-23(27-17-20)33-24-21(31-2)7-6-8-22(24)32-3/h6-10,17,19H,4-5,11-16,18H2,1-3H3,(H2,26,28,30). The Morgan fingerprint density at radius 3 is 2.42 bits per heavy atom. The lowest BCUT2D eigenvalue weighted by molar-refractivity contribution is 0.189. The zero-order valence-electron chi connectivity index (χ0n) is 19.9. The van der Waals surface area contributed by atoms with Crippen LogP contribution in [-0.2, 0) is 6.54 Å². The number of para-hydroxylation sites is 1. The Labute approximate surface area is 196 Å². The molecular formula is C25H36N4O4. The minimum absolute atomic E-state index is 0.166. The van der Waals surface area contributed by atoms with Gasteiger partial charge >= 0.3 is 6.03 Å². The van der Waals surface area contributed by atoms with Crippen molar-refractivity contribution in [2.45, 2.75) is 39.2 Å². The highest BCUT2D eigenvalue weighted by Crippen LogP contribution is 2.39. The maximum Gasteiger partial charge on any atom is 0.315 e. The first-order valence-corrected chi connectivity index (χ1v) is 11.7. The molecule has 0 atom stereocenters. The van der Waals surface area contributed by atoms with Crippen LogP contribution in [0.4, 0.5) is 4.79 Å². The molecule has 1 fully saturated rings. The maximum absolute atomic E-state index is 12.1. The first-order chi connectivity index (χ1) is 16.1. The molecule has 2 N–H and O–H groups in total. The lowest BCUT2D eigenvalue weighted by Crippen LogP contribution is -2.36. The number of pyridine rings is 1. The number of rotatable bonds is 11. The molecule has 33 heavy (non-hydrogen) atoms. The molecule has 2 aromatic rings. The van der Waals surface area contributed by atoms with Gasteiger partial charge in [0, 0.05) is 25.4 Å². The predicted octanol–water partition coefficient (Wildman–Crippen LogP) is 4.20. The molecule has 0 radical (unpaired) electrons. The number of hydrogen-bond donors (Lipinski definition) is 2. The third-order valence-electron chi connectivity index (χ3n) is 5.90. The van der Waals surface area contributed by atoms with Crippen molar-refractivity contribution in [3.05, 3.63) is 42.1 Å². The molecule has 1 aliphatic rings. The summed E-state index contributed by atoms with van der Waals surface area (Å²) in [6, 6.07) is 8.87. The Kier molecular flexibility index (Phi) is 9.62. The van der Waals surface area contributed by atoms with Crippen molar-refractivity contribution in [1.82, 2.24) is 20.5 Å². The summed E-state index contributed by atoms with van der Waals surface area (Å²) < 4.78 is 16.5. The number of piperidine rings is 1. The minimum atomic E-state index is -0.166. The SMILES string of the molecule is COc1cccc(OC)c1Oc1ccc(CNC(=O)NCCCCN2CCC(C)CC2)cn1. The van der Waals surface area contributed by atoms with E-state index in [0.717, 1.165) is 30.9 Å². The number of urea groups is 1. The molecule has 2 heterocycles. The molecule has 0 unspecified atom stereocenters. The van der Waals surface area contributed by atoms with E-state index in [1.54, 1.807) is 38.6 Å². The van der Waals surface area contributed by atoms with E-state index in [9.17, 15) is 4.79 Å². The Bertz CT molecular complexity index is 845. The second kappa shape index (κ2) is 12.9. The lowest BCUT2D eigenvalue weighted by atomic mass is 9.99. The quantitative estimate of drug-likeness (QED) is 0.493. The first-order valence-electron chi connectivity index (χ1n) is 11.7. The second-order valence-corrected chi connectivity index (χ2v) is 8.44. The van der Waals surface area contributed by atoms with E-state index < -0.39 is 0 Å². The van der Waals surface area contributed by atoms with Crippen LogP contribution in [0.3, 0.4) is 0 Å². The normalized spacial score (nSPS) is 14.5. The van der Waals surface area contributed by atoms with Crippen molar-refractivity contribution in [1.29, 1.82) is 0 Å². The molecule has 1 aromatic heterocycles.